The highest BCUT2D eigenvalue weighted by Crippen LogP contribution is 2.09. The topological polar surface area (TPSA) is 82.5 Å². The Morgan fingerprint density at radius 3 is 2.87 bits per heavy atom. The zero-order chi connectivity index (χ0) is 10.8. The first-order chi connectivity index (χ1) is 7.20. The summed E-state index contributed by atoms with van der Waals surface area (Å²) in [5, 5.41) is 0.0771. The lowest BCUT2D eigenvalue weighted by atomic mass is 10.4. The molecule has 0 fully saturated rings. The standard InChI is InChI=1S/C8H9ClN6/c1-2-5-11-3-4-15(5)8-13-6(9)12-7(10)14-8/h3-4H,2H2,1H3,(H2,10,12,13,14). The lowest BCUT2D eigenvalue weighted by Gasteiger charge is -2.04. The lowest BCUT2D eigenvalue weighted by molar-refractivity contribution is 0.827. The predicted molar refractivity (Wildman–Crippen MR) is 55.7 cm³/mol. The van der Waals surface area contributed by atoms with Crippen LogP contribution in [0, 0.1) is 0 Å². The van der Waals surface area contributed by atoms with Crippen LogP contribution in [0.15, 0.2) is 12.4 Å². The molecule has 7 heteroatoms. The minimum Gasteiger partial charge on any atom is -0.368 e. The number of imidazole rings is 1. The molecule has 0 saturated carbocycles. The lowest BCUT2D eigenvalue weighted by Crippen LogP contribution is -2.08. The summed E-state index contributed by atoms with van der Waals surface area (Å²) >= 11 is 5.69. The van der Waals surface area contributed by atoms with E-state index in [4.69, 9.17) is 17.3 Å². The average Bonchev–Trinajstić information content (AvgIpc) is 2.63. The highest BCUT2D eigenvalue weighted by atomic mass is 35.5. The van der Waals surface area contributed by atoms with E-state index in [-0.39, 0.29) is 11.2 Å². The number of anilines is 1. The number of aromatic nitrogens is 5. The van der Waals surface area contributed by atoms with E-state index >= 15 is 0 Å². The molecule has 2 heterocycles. The van der Waals surface area contributed by atoms with Crippen LogP contribution in [0.2, 0.25) is 5.28 Å². The first-order valence-electron chi connectivity index (χ1n) is 4.40. The van der Waals surface area contributed by atoms with Gasteiger partial charge in [0.05, 0.1) is 0 Å². The Morgan fingerprint density at radius 1 is 1.40 bits per heavy atom. The van der Waals surface area contributed by atoms with Crippen LogP contribution < -0.4 is 5.73 Å². The third-order valence-electron chi connectivity index (χ3n) is 1.86. The average molecular weight is 225 g/mol. The van der Waals surface area contributed by atoms with Crippen molar-refractivity contribution < 1.29 is 0 Å². The van der Waals surface area contributed by atoms with Crippen molar-refractivity contribution in [3.63, 3.8) is 0 Å². The molecule has 0 bridgehead atoms. The highest BCUT2D eigenvalue weighted by molar-refractivity contribution is 6.28. The highest BCUT2D eigenvalue weighted by Gasteiger charge is 2.08. The Hall–Kier alpha value is -1.69. The van der Waals surface area contributed by atoms with Gasteiger partial charge in [-0.2, -0.15) is 15.0 Å². The first-order valence-corrected chi connectivity index (χ1v) is 4.78. The van der Waals surface area contributed by atoms with Gasteiger partial charge in [0.2, 0.25) is 17.2 Å². The van der Waals surface area contributed by atoms with E-state index in [2.05, 4.69) is 19.9 Å². The number of nitrogens with zero attached hydrogens (tertiary/aromatic N) is 5. The van der Waals surface area contributed by atoms with Crippen LogP contribution in [0.5, 0.6) is 0 Å². The molecule has 6 nitrogen and oxygen atoms in total. The molecule has 0 aromatic carbocycles. The molecule has 2 rings (SSSR count). The Kier molecular flexibility index (Phi) is 2.51. The molecule has 0 amide bonds. The van der Waals surface area contributed by atoms with Gasteiger partial charge in [-0.25, -0.2) is 4.98 Å². The van der Waals surface area contributed by atoms with Crippen LogP contribution in [-0.4, -0.2) is 24.5 Å². The number of nitrogen functional groups attached to an aromatic ring is 1. The number of hydrogen-bond acceptors (Lipinski definition) is 5. The van der Waals surface area contributed by atoms with Crippen LogP contribution in [0.3, 0.4) is 0 Å². The van der Waals surface area contributed by atoms with Gasteiger partial charge in [0.25, 0.3) is 0 Å². The fourth-order valence-corrected chi connectivity index (χ4v) is 1.40. The monoisotopic (exact) mass is 224 g/mol. The van der Waals surface area contributed by atoms with Crippen molar-refractivity contribution in [3.8, 4) is 5.95 Å². The molecule has 15 heavy (non-hydrogen) atoms. The minimum atomic E-state index is 0.0771. The number of rotatable bonds is 2. The second-order valence-electron chi connectivity index (χ2n) is 2.83. The van der Waals surface area contributed by atoms with E-state index in [1.807, 2.05) is 6.92 Å². The van der Waals surface area contributed by atoms with Gasteiger partial charge in [0.15, 0.2) is 0 Å². The van der Waals surface area contributed by atoms with Gasteiger partial charge in [0, 0.05) is 18.8 Å². The van der Waals surface area contributed by atoms with Crippen LogP contribution in [-0.2, 0) is 6.42 Å². The van der Waals surface area contributed by atoms with Crippen molar-refractivity contribution in [2.45, 2.75) is 13.3 Å². The van der Waals surface area contributed by atoms with Crippen molar-refractivity contribution in [2.24, 2.45) is 0 Å². The van der Waals surface area contributed by atoms with Gasteiger partial charge >= 0.3 is 0 Å². The Balaban J connectivity index is 2.53. The molecular weight excluding hydrogens is 216 g/mol. The van der Waals surface area contributed by atoms with Crippen molar-refractivity contribution in [3.05, 3.63) is 23.5 Å². The predicted octanol–water partition coefficient (Wildman–Crippen LogP) is 0.855. The Morgan fingerprint density at radius 2 is 2.20 bits per heavy atom. The summed E-state index contributed by atoms with van der Waals surface area (Å²) in [6, 6.07) is 0. The summed E-state index contributed by atoms with van der Waals surface area (Å²) in [5.74, 6) is 1.33. The third kappa shape index (κ3) is 1.89. The molecule has 2 N–H and O–H groups in total. The fraction of sp³-hybridized carbons (Fsp3) is 0.250. The maximum Gasteiger partial charge on any atom is 0.241 e. The van der Waals surface area contributed by atoms with E-state index < -0.39 is 0 Å². The number of hydrogen-bond donors (Lipinski definition) is 1. The van der Waals surface area contributed by atoms with Crippen LogP contribution in [0.1, 0.15) is 12.7 Å². The van der Waals surface area contributed by atoms with Crippen LogP contribution in [0.4, 0.5) is 5.95 Å². The van der Waals surface area contributed by atoms with Gasteiger partial charge in [-0.3, -0.25) is 4.57 Å². The summed E-state index contributed by atoms with van der Waals surface area (Å²) in [7, 11) is 0. The first kappa shape index (κ1) is 9.85. The van der Waals surface area contributed by atoms with E-state index in [0.717, 1.165) is 12.2 Å². The normalized spacial score (nSPS) is 10.5. The molecule has 0 atom stereocenters. The summed E-state index contributed by atoms with van der Waals surface area (Å²) in [5.41, 5.74) is 5.48. The quantitative estimate of drug-likeness (QED) is 0.818. The fourth-order valence-electron chi connectivity index (χ4n) is 1.24. The van der Waals surface area contributed by atoms with Gasteiger partial charge in [-0.05, 0) is 11.6 Å². The molecule has 0 aliphatic heterocycles. The van der Waals surface area contributed by atoms with E-state index in [0.29, 0.717) is 5.95 Å². The molecule has 0 radical (unpaired) electrons. The van der Waals surface area contributed by atoms with Gasteiger partial charge in [0.1, 0.15) is 5.82 Å². The zero-order valence-electron chi connectivity index (χ0n) is 8.05. The smallest absolute Gasteiger partial charge is 0.241 e. The number of aryl methyl sites for hydroxylation is 1. The minimum absolute atomic E-state index is 0.0771. The second-order valence-corrected chi connectivity index (χ2v) is 3.17. The van der Waals surface area contributed by atoms with E-state index in [1.165, 1.54) is 0 Å². The maximum atomic E-state index is 5.69. The van der Waals surface area contributed by atoms with Crippen molar-refractivity contribution >= 4 is 17.5 Å². The molecule has 0 spiro atoms. The Bertz CT molecular complexity index is 459. The zero-order valence-corrected chi connectivity index (χ0v) is 8.81. The molecule has 0 aliphatic carbocycles. The second kappa shape index (κ2) is 3.82. The number of halogens is 1. The summed E-state index contributed by atoms with van der Waals surface area (Å²) in [6.45, 7) is 1.99. The van der Waals surface area contributed by atoms with Crippen LogP contribution in [0.25, 0.3) is 5.95 Å². The van der Waals surface area contributed by atoms with E-state index in [1.54, 1.807) is 17.0 Å². The van der Waals surface area contributed by atoms with Crippen molar-refractivity contribution in [1.29, 1.82) is 0 Å². The van der Waals surface area contributed by atoms with Crippen LogP contribution >= 0.6 is 11.6 Å². The molecule has 0 saturated heterocycles. The van der Waals surface area contributed by atoms with E-state index in [9.17, 15) is 0 Å². The number of nitrogens with two attached hydrogens (primary N) is 1. The van der Waals surface area contributed by atoms with Crippen molar-refractivity contribution in [1.82, 2.24) is 24.5 Å². The molecule has 2 aromatic rings. The van der Waals surface area contributed by atoms with Gasteiger partial charge < -0.3 is 5.73 Å². The van der Waals surface area contributed by atoms with Gasteiger partial charge in [-0.15, -0.1) is 0 Å². The third-order valence-corrected chi connectivity index (χ3v) is 2.03. The summed E-state index contributed by atoms with van der Waals surface area (Å²) in [4.78, 5) is 15.8. The maximum absolute atomic E-state index is 5.69. The molecular formula is C8H9ClN6. The molecule has 0 unspecified atom stereocenters. The Labute approximate surface area is 91.2 Å². The summed E-state index contributed by atoms with van der Waals surface area (Å²) in [6.07, 6.45) is 4.20. The van der Waals surface area contributed by atoms with Crippen molar-refractivity contribution in [2.75, 3.05) is 5.73 Å². The molecule has 0 aliphatic rings. The summed E-state index contributed by atoms with van der Waals surface area (Å²) < 4.78 is 1.73. The largest absolute Gasteiger partial charge is 0.368 e. The molecule has 2 aromatic heterocycles. The van der Waals surface area contributed by atoms with Gasteiger partial charge in [-0.1, -0.05) is 6.92 Å². The molecule has 78 valence electrons. The SMILES string of the molecule is CCc1nccn1-c1nc(N)nc(Cl)n1.